The van der Waals surface area contributed by atoms with E-state index in [-0.39, 0.29) is 12.1 Å². The molecule has 7 heteroatoms. The van der Waals surface area contributed by atoms with Crippen molar-refractivity contribution >= 4 is 33.0 Å². The fourth-order valence-electron chi connectivity index (χ4n) is 2.24. The highest BCUT2D eigenvalue weighted by atomic mass is 35.5. The third-order valence-corrected chi connectivity index (χ3v) is 7.10. The largest absolute Gasteiger partial charge is 0.377 e. The van der Waals surface area contributed by atoms with Gasteiger partial charge in [0.2, 0.25) is 0 Å². The number of likely N-dealkylation sites (N-methyl/N-ethyl adjacent to an activating group) is 1. The Morgan fingerprint density at radius 3 is 2.84 bits per heavy atom. The van der Waals surface area contributed by atoms with E-state index in [2.05, 4.69) is 0 Å². The number of hydrogen-bond donors (Lipinski definition) is 0. The van der Waals surface area contributed by atoms with E-state index in [4.69, 9.17) is 16.3 Å². The zero-order chi connectivity index (χ0) is 14.0. The molecule has 0 amide bonds. The quantitative estimate of drug-likeness (QED) is 0.781. The summed E-state index contributed by atoms with van der Waals surface area (Å²) in [6, 6.07) is 3.42. The average Bonchev–Trinajstić information content (AvgIpc) is 2.98. The van der Waals surface area contributed by atoms with Gasteiger partial charge in [-0.3, -0.25) is 0 Å². The summed E-state index contributed by atoms with van der Waals surface area (Å²) in [5, 5.41) is 0. The maximum atomic E-state index is 12.5. The van der Waals surface area contributed by atoms with Gasteiger partial charge < -0.3 is 4.74 Å². The monoisotopic (exact) mass is 323 g/mol. The van der Waals surface area contributed by atoms with Gasteiger partial charge in [-0.15, -0.1) is 22.9 Å². The van der Waals surface area contributed by atoms with Gasteiger partial charge in [0.15, 0.2) is 0 Å². The number of aryl methyl sites for hydroxylation is 1. The predicted octanol–water partition coefficient (Wildman–Crippen LogP) is 2.33. The van der Waals surface area contributed by atoms with Crippen LogP contribution in [0, 0.1) is 0 Å². The van der Waals surface area contributed by atoms with E-state index >= 15 is 0 Å². The van der Waals surface area contributed by atoms with E-state index in [0.717, 1.165) is 11.3 Å². The number of hydrogen-bond acceptors (Lipinski definition) is 4. The molecule has 1 aliphatic rings. The highest BCUT2D eigenvalue weighted by molar-refractivity contribution is 7.91. The average molecular weight is 324 g/mol. The summed E-state index contributed by atoms with van der Waals surface area (Å²) in [7, 11) is -1.79. The molecule has 0 N–H and O–H groups in total. The van der Waals surface area contributed by atoms with Crippen LogP contribution in [-0.2, 0) is 21.2 Å². The second-order valence-electron chi connectivity index (χ2n) is 4.61. The molecule has 4 nitrogen and oxygen atoms in total. The first-order chi connectivity index (χ1) is 8.96. The van der Waals surface area contributed by atoms with Gasteiger partial charge >= 0.3 is 0 Å². The zero-order valence-corrected chi connectivity index (χ0v) is 13.4. The molecule has 0 radical (unpaired) electrons. The van der Waals surface area contributed by atoms with E-state index in [0.29, 0.717) is 23.1 Å². The zero-order valence-electron chi connectivity index (χ0n) is 11.0. The molecule has 0 bridgehead atoms. The molecule has 2 unspecified atom stereocenters. The molecule has 0 aromatic carbocycles. The summed E-state index contributed by atoms with van der Waals surface area (Å²) in [6.07, 6.45) is 1.40. The highest BCUT2D eigenvalue weighted by Crippen LogP contribution is 2.29. The number of ether oxygens (including phenoxy) is 1. The Labute approximate surface area is 123 Å². The van der Waals surface area contributed by atoms with Crippen LogP contribution >= 0.6 is 22.9 Å². The Hall–Kier alpha value is -0.140. The topological polar surface area (TPSA) is 46.6 Å². The van der Waals surface area contributed by atoms with Gasteiger partial charge in [-0.25, -0.2) is 8.42 Å². The van der Waals surface area contributed by atoms with Crippen LogP contribution in [0.4, 0.5) is 0 Å². The Morgan fingerprint density at radius 2 is 2.26 bits per heavy atom. The molecule has 1 fully saturated rings. The molecule has 1 aromatic heterocycles. The molecule has 0 aliphatic carbocycles. The number of alkyl halides is 1. The first-order valence-corrected chi connectivity index (χ1v) is 9.00. The lowest BCUT2D eigenvalue weighted by molar-refractivity contribution is 0.102. The van der Waals surface area contributed by atoms with Crippen LogP contribution in [0.15, 0.2) is 16.3 Å². The minimum atomic E-state index is -3.42. The maximum absolute atomic E-state index is 12.5. The summed E-state index contributed by atoms with van der Waals surface area (Å²) in [5.41, 5.74) is 0. The summed E-state index contributed by atoms with van der Waals surface area (Å²) < 4.78 is 32.3. The van der Waals surface area contributed by atoms with Crippen molar-refractivity contribution in [3.8, 4) is 0 Å². The van der Waals surface area contributed by atoms with Crippen molar-refractivity contribution in [2.45, 2.75) is 36.1 Å². The van der Waals surface area contributed by atoms with Crippen molar-refractivity contribution in [3.63, 3.8) is 0 Å². The minimum Gasteiger partial charge on any atom is -0.377 e. The van der Waals surface area contributed by atoms with Crippen molar-refractivity contribution in [3.05, 3.63) is 17.0 Å². The van der Waals surface area contributed by atoms with Crippen LogP contribution in [0.3, 0.4) is 0 Å². The molecule has 2 rings (SSSR count). The van der Waals surface area contributed by atoms with Crippen LogP contribution in [0.25, 0.3) is 0 Å². The summed E-state index contributed by atoms with van der Waals surface area (Å²) in [4.78, 5) is 0.998. The van der Waals surface area contributed by atoms with Crippen molar-refractivity contribution in [2.75, 3.05) is 19.5 Å². The van der Waals surface area contributed by atoms with E-state index in [1.807, 2.05) is 13.0 Å². The molecule has 2 heterocycles. The lowest BCUT2D eigenvalue weighted by Gasteiger charge is -2.25. The number of rotatable bonds is 5. The Balaban J connectivity index is 2.20. The van der Waals surface area contributed by atoms with Gasteiger partial charge in [0.25, 0.3) is 10.0 Å². The normalized spacial score (nSPS) is 24.2. The van der Waals surface area contributed by atoms with E-state index in [1.165, 1.54) is 15.6 Å². The van der Waals surface area contributed by atoms with Crippen molar-refractivity contribution in [1.82, 2.24) is 4.31 Å². The molecule has 0 saturated carbocycles. The van der Waals surface area contributed by atoms with Gasteiger partial charge in [0, 0.05) is 24.4 Å². The second kappa shape index (κ2) is 6.10. The first-order valence-electron chi connectivity index (χ1n) is 6.21. The van der Waals surface area contributed by atoms with Crippen molar-refractivity contribution in [2.24, 2.45) is 0 Å². The summed E-state index contributed by atoms with van der Waals surface area (Å²) in [5.74, 6) is 0.503. The van der Waals surface area contributed by atoms with E-state index in [1.54, 1.807) is 13.1 Å². The number of thiophene rings is 1. The molecule has 1 aliphatic heterocycles. The molecule has 108 valence electrons. The third-order valence-electron chi connectivity index (χ3n) is 3.41. The highest BCUT2D eigenvalue weighted by Gasteiger charge is 2.35. The minimum absolute atomic E-state index is 0.0537. The first kappa shape index (κ1) is 15.3. The van der Waals surface area contributed by atoms with Gasteiger partial charge in [0.05, 0.1) is 12.1 Å². The van der Waals surface area contributed by atoms with Crippen LogP contribution < -0.4 is 0 Å². The molecule has 1 aromatic rings. The third kappa shape index (κ3) is 3.13. The standard InChI is InChI=1S/C12H18ClNO3S2/c1-9-11(6-8-17-9)14(2)19(15,16)12-4-3-10(18-12)5-7-13/h3-4,9,11H,5-8H2,1-2H3. The number of halogens is 1. The van der Waals surface area contributed by atoms with Crippen LogP contribution in [0.1, 0.15) is 18.2 Å². The lowest BCUT2D eigenvalue weighted by Crippen LogP contribution is -2.40. The van der Waals surface area contributed by atoms with Crippen molar-refractivity contribution < 1.29 is 13.2 Å². The molecule has 2 atom stereocenters. The van der Waals surface area contributed by atoms with Crippen LogP contribution in [-0.4, -0.2) is 44.4 Å². The lowest BCUT2D eigenvalue weighted by atomic mass is 10.2. The number of sulfonamides is 1. The Bertz CT molecular complexity index is 529. The molecular formula is C12H18ClNO3S2. The van der Waals surface area contributed by atoms with Crippen LogP contribution in [0.2, 0.25) is 0 Å². The number of nitrogens with zero attached hydrogens (tertiary/aromatic N) is 1. The molecular weight excluding hydrogens is 306 g/mol. The van der Waals surface area contributed by atoms with Gasteiger partial charge in [-0.05, 0) is 31.9 Å². The fraction of sp³-hybridized carbons (Fsp3) is 0.667. The molecule has 19 heavy (non-hydrogen) atoms. The van der Waals surface area contributed by atoms with Crippen LogP contribution in [0.5, 0.6) is 0 Å². The summed E-state index contributed by atoms with van der Waals surface area (Å²) in [6.45, 7) is 2.53. The molecule has 0 spiro atoms. The van der Waals surface area contributed by atoms with E-state index in [9.17, 15) is 8.42 Å². The Morgan fingerprint density at radius 1 is 1.53 bits per heavy atom. The van der Waals surface area contributed by atoms with Gasteiger partial charge in [-0.2, -0.15) is 4.31 Å². The maximum Gasteiger partial charge on any atom is 0.252 e. The SMILES string of the molecule is CC1OCCC1N(C)S(=O)(=O)c1ccc(CCCl)s1. The second-order valence-corrected chi connectivity index (χ2v) is 8.38. The van der Waals surface area contributed by atoms with E-state index < -0.39 is 10.0 Å². The predicted molar refractivity (Wildman–Crippen MR) is 77.5 cm³/mol. The van der Waals surface area contributed by atoms with Crippen molar-refractivity contribution in [1.29, 1.82) is 0 Å². The Kier molecular flexibility index (Phi) is 4.89. The molecule has 1 saturated heterocycles. The summed E-state index contributed by atoms with van der Waals surface area (Å²) >= 11 is 6.97. The fourth-order valence-corrected chi connectivity index (χ4v) is 5.54. The smallest absolute Gasteiger partial charge is 0.252 e. The van der Waals surface area contributed by atoms with Gasteiger partial charge in [0.1, 0.15) is 4.21 Å². The van der Waals surface area contributed by atoms with Gasteiger partial charge in [-0.1, -0.05) is 0 Å².